The van der Waals surface area contributed by atoms with Crippen molar-refractivity contribution >= 4 is 11.9 Å². The maximum absolute atomic E-state index is 12.3. The predicted octanol–water partition coefficient (Wildman–Crippen LogP) is -1.19. The smallest absolute Gasteiger partial charge is 0.309 e. The van der Waals surface area contributed by atoms with Crippen LogP contribution in [0.25, 0.3) is 0 Å². The maximum atomic E-state index is 12.3. The molecule has 2 fully saturated rings. The standard InChI is InChI=1S/C23H36O12/c1-10(2)4-17(27)35-22-18-13(5-15(26)14(18)9-31-11(3)25)12(7-32-22)8-33-23-21(30)20(29)19(28)16(6-24)34-23/h7,10,13-16,18-24,26,28-30H,4-6,8-9H2,1-3H3/t13?,14-,15-,16+,18?,19+,20-,21+,22-,23+/m0/s1. The zero-order valence-electron chi connectivity index (χ0n) is 20.1. The van der Waals surface area contributed by atoms with Gasteiger partial charge in [0.2, 0.25) is 6.29 Å². The Morgan fingerprint density at radius 1 is 1.11 bits per heavy atom. The van der Waals surface area contributed by atoms with E-state index in [4.69, 9.17) is 23.7 Å². The van der Waals surface area contributed by atoms with Crippen LogP contribution in [-0.2, 0) is 33.3 Å². The minimum absolute atomic E-state index is 0.0749. The first-order chi connectivity index (χ1) is 16.5. The number of carbonyl (C=O) groups is 2. The van der Waals surface area contributed by atoms with E-state index < -0.39 is 73.5 Å². The predicted molar refractivity (Wildman–Crippen MR) is 116 cm³/mol. The lowest BCUT2D eigenvalue weighted by Gasteiger charge is -2.40. The van der Waals surface area contributed by atoms with E-state index in [1.54, 1.807) is 0 Å². The number of fused-ring (bicyclic) bond motifs is 1. The van der Waals surface area contributed by atoms with Gasteiger partial charge in [-0.15, -0.1) is 0 Å². The van der Waals surface area contributed by atoms with E-state index in [2.05, 4.69) is 0 Å². The van der Waals surface area contributed by atoms with Crippen LogP contribution in [0.3, 0.4) is 0 Å². The van der Waals surface area contributed by atoms with Crippen LogP contribution in [0.5, 0.6) is 0 Å². The summed E-state index contributed by atoms with van der Waals surface area (Å²) in [6.07, 6.45) is -7.15. The van der Waals surface area contributed by atoms with Crippen molar-refractivity contribution in [3.05, 3.63) is 11.8 Å². The van der Waals surface area contributed by atoms with E-state index >= 15 is 0 Å². The minimum Gasteiger partial charge on any atom is -0.465 e. The van der Waals surface area contributed by atoms with E-state index in [0.717, 1.165) is 0 Å². The van der Waals surface area contributed by atoms with Gasteiger partial charge in [0.05, 0.1) is 32.2 Å². The lowest BCUT2D eigenvalue weighted by molar-refractivity contribution is -0.299. The Hall–Kier alpha value is -1.80. The van der Waals surface area contributed by atoms with Crippen molar-refractivity contribution in [2.75, 3.05) is 19.8 Å². The van der Waals surface area contributed by atoms with Crippen LogP contribution in [0.15, 0.2) is 11.8 Å². The molecule has 10 atom stereocenters. The van der Waals surface area contributed by atoms with Crippen molar-refractivity contribution in [2.45, 2.75) is 76.7 Å². The molecule has 0 aromatic carbocycles. The molecular formula is C23H36O12. The van der Waals surface area contributed by atoms with Gasteiger partial charge in [0.25, 0.3) is 0 Å². The van der Waals surface area contributed by atoms with E-state index in [1.165, 1.54) is 13.2 Å². The quantitative estimate of drug-likeness (QED) is 0.237. The van der Waals surface area contributed by atoms with Gasteiger partial charge in [-0.2, -0.15) is 0 Å². The molecule has 2 heterocycles. The third-order valence-electron chi connectivity index (χ3n) is 6.66. The van der Waals surface area contributed by atoms with Crippen LogP contribution in [0.4, 0.5) is 0 Å². The second-order valence-electron chi connectivity index (χ2n) is 9.75. The van der Waals surface area contributed by atoms with Gasteiger partial charge in [0.15, 0.2) is 6.29 Å². The average Bonchev–Trinajstić information content (AvgIpc) is 3.12. The Labute approximate surface area is 203 Å². The molecule has 1 aliphatic carbocycles. The van der Waals surface area contributed by atoms with Crippen LogP contribution in [0.1, 0.15) is 33.6 Å². The molecule has 3 aliphatic rings. The molecule has 12 heteroatoms. The lowest BCUT2D eigenvalue weighted by atomic mass is 9.83. The summed E-state index contributed by atoms with van der Waals surface area (Å²) < 4.78 is 27.5. The molecule has 0 radical (unpaired) electrons. The molecule has 2 unspecified atom stereocenters. The second-order valence-corrected chi connectivity index (χ2v) is 9.75. The normalized spacial score (nSPS) is 38.9. The summed E-state index contributed by atoms with van der Waals surface area (Å²) in [6.45, 7) is 4.21. The third kappa shape index (κ3) is 6.50. The SMILES string of the molecule is CC(=O)OC[C@@H]1C2C(C[C@@H]1O)C(CO[C@@H]1O[C@H](CO)[C@@H](O)[C@H](O)[C@H]1O)=CO[C@H]2OC(=O)CC(C)C. The molecule has 2 aliphatic heterocycles. The van der Waals surface area contributed by atoms with Crippen LogP contribution < -0.4 is 0 Å². The molecule has 0 spiro atoms. The number of hydrogen-bond donors (Lipinski definition) is 5. The highest BCUT2D eigenvalue weighted by atomic mass is 16.7. The van der Waals surface area contributed by atoms with Crippen molar-refractivity contribution < 1.29 is 58.8 Å². The van der Waals surface area contributed by atoms with Gasteiger partial charge in [0, 0.05) is 25.2 Å². The topological polar surface area (TPSA) is 181 Å². The van der Waals surface area contributed by atoms with Crippen molar-refractivity contribution in [3.63, 3.8) is 0 Å². The van der Waals surface area contributed by atoms with E-state index in [0.29, 0.717) is 5.57 Å². The van der Waals surface area contributed by atoms with Crippen LogP contribution in [-0.4, -0.2) is 100 Å². The number of esters is 2. The van der Waals surface area contributed by atoms with Crippen LogP contribution in [0, 0.1) is 23.7 Å². The largest absolute Gasteiger partial charge is 0.465 e. The Morgan fingerprint density at radius 2 is 1.83 bits per heavy atom. The molecule has 35 heavy (non-hydrogen) atoms. The summed E-state index contributed by atoms with van der Waals surface area (Å²) in [5, 5.41) is 50.2. The van der Waals surface area contributed by atoms with Crippen molar-refractivity contribution in [1.82, 2.24) is 0 Å². The van der Waals surface area contributed by atoms with Gasteiger partial charge in [-0.1, -0.05) is 13.8 Å². The summed E-state index contributed by atoms with van der Waals surface area (Å²) in [4.78, 5) is 23.7. The van der Waals surface area contributed by atoms with E-state index in [9.17, 15) is 35.1 Å². The van der Waals surface area contributed by atoms with Gasteiger partial charge in [-0.3, -0.25) is 9.59 Å². The van der Waals surface area contributed by atoms with Crippen molar-refractivity contribution in [1.29, 1.82) is 0 Å². The fourth-order valence-electron chi connectivity index (χ4n) is 4.85. The van der Waals surface area contributed by atoms with Crippen molar-refractivity contribution in [2.24, 2.45) is 23.7 Å². The van der Waals surface area contributed by atoms with Gasteiger partial charge in [-0.05, 0) is 23.8 Å². The Kier molecular flexibility index (Phi) is 9.49. The summed E-state index contributed by atoms with van der Waals surface area (Å²) in [5.41, 5.74) is 0.576. The number of aliphatic hydroxyl groups is 5. The molecular weight excluding hydrogens is 468 g/mol. The monoisotopic (exact) mass is 504 g/mol. The zero-order valence-corrected chi connectivity index (χ0v) is 20.1. The van der Waals surface area contributed by atoms with E-state index in [1.807, 2.05) is 13.8 Å². The first kappa shape index (κ1) is 27.8. The number of ether oxygens (including phenoxy) is 5. The van der Waals surface area contributed by atoms with Gasteiger partial charge >= 0.3 is 11.9 Å². The third-order valence-corrected chi connectivity index (χ3v) is 6.66. The Bertz CT molecular complexity index is 768. The average molecular weight is 505 g/mol. The molecule has 1 saturated carbocycles. The molecule has 12 nitrogen and oxygen atoms in total. The second kappa shape index (κ2) is 12.0. The lowest BCUT2D eigenvalue weighted by Crippen LogP contribution is -2.59. The molecule has 200 valence electrons. The summed E-state index contributed by atoms with van der Waals surface area (Å²) in [6, 6.07) is 0. The van der Waals surface area contributed by atoms with Gasteiger partial charge < -0.3 is 49.2 Å². The molecule has 3 rings (SSSR count). The number of hydrogen-bond acceptors (Lipinski definition) is 12. The van der Waals surface area contributed by atoms with Crippen LogP contribution in [0.2, 0.25) is 0 Å². The summed E-state index contributed by atoms with van der Waals surface area (Å²) in [5.74, 6) is -2.33. The van der Waals surface area contributed by atoms with Crippen LogP contribution >= 0.6 is 0 Å². The zero-order chi connectivity index (χ0) is 25.9. The summed E-state index contributed by atoms with van der Waals surface area (Å²) in [7, 11) is 0. The minimum atomic E-state index is -1.58. The van der Waals surface area contributed by atoms with Gasteiger partial charge in [-0.25, -0.2) is 0 Å². The maximum Gasteiger partial charge on any atom is 0.309 e. The fraction of sp³-hybridized carbons (Fsp3) is 0.826. The Morgan fingerprint density at radius 3 is 2.46 bits per heavy atom. The molecule has 5 N–H and O–H groups in total. The first-order valence-electron chi connectivity index (χ1n) is 11.8. The Balaban J connectivity index is 1.74. The highest BCUT2D eigenvalue weighted by Crippen LogP contribution is 2.47. The molecule has 0 aromatic heterocycles. The highest BCUT2D eigenvalue weighted by Gasteiger charge is 2.53. The number of carbonyl (C=O) groups excluding carboxylic acids is 2. The van der Waals surface area contributed by atoms with E-state index in [-0.39, 0.29) is 37.9 Å². The number of rotatable bonds is 9. The van der Waals surface area contributed by atoms with Crippen molar-refractivity contribution in [3.8, 4) is 0 Å². The summed E-state index contributed by atoms with van der Waals surface area (Å²) >= 11 is 0. The molecule has 0 bridgehead atoms. The first-order valence-corrected chi connectivity index (χ1v) is 11.8. The molecule has 0 amide bonds. The molecule has 1 saturated heterocycles. The van der Waals surface area contributed by atoms with Gasteiger partial charge in [0.1, 0.15) is 24.4 Å². The highest BCUT2D eigenvalue weighted by molar-refractivity contribution is 5.69. The molecule has 0 aromatic rings. The number of aliphatic hydroxyl groups excluding tert-OH is 5. The fourth-order valence-corrected chi connectivity index (χ4v) is 4.85.